The molecule has 0 bridgehead atoms. The highest BCUT2D eigenvalue weighted by Gasteiger charge is 2.43. The molecule has 6 nitrogen and oxygen atoms in total. The maximum absolute atomic E-state index is 11.8. The number of hydrogen-bond donors (Lipinski definition) is 1. The quantitative estimate of drug-likeness (QED) is 0.456. The molecular weight excluding hydrogens is 356 g/mol. The molecule has 0 amide bonds. The van der Waals surface area contributed by atoms with Crippen molar-refractivity contribution >= 4 is 11.4 Å². The lowest BCUT2D eigenvalue weighted by molar-refractivity contribution is -0.384. The molecule has 0 saturated carbocycles. The molecule has 6 heteroatoms. The topological polar surface area (TPSA) is 73.6 Å². The van der Waals surface area contributed by atoms with Gasteiger partial charge in [0.25, 0.3) is 5.69 Å². The monoisotopic (exact) mass is 380 g/mol. The number of benzene rings is 2. The summed E-state index contributed by atoms with van der Waals surface area (Å²) in [6, 6.07) is 7.35. The Balaban J connectivity index is 1.93. The number of anilines is 1. The molecule has 2 aliphatic rings. The van der Waals surface area contributed by atoms with Crippen LogP contribution < -0.4 is 14.8 Å². The second-order valence-corrected chi connectivity index (χ2v) is 7.44. The van der Waals surface area contributed by atoms with Gasteiger partial charge in [-0.25, -0.2) is 0 Å². The van der Waals surface area contributed by atoms with Gasteiger partial charge in [-0.1, -0.05) is 24.3 Å². The molecule has 0 aromatic heterocycles. The number of allylic oxidation sites excluding steroid dienone is 2. The van der Waals surface area contributed by atoms with E-state index < -0.39 is 0 Å². The number of rotatable bonds is 4. The number of nitro benzene ring substituents is 1. The minimum Gasteiger partial charge on any atom is -0.493 e. The number of aryl methyl sites for hydroxylation is 1. The summed E-state index contributed by atoms with van der Waals surface area (Å²) >= 11 is 0. The van der Waals surface area contributed by atoms with Gasteiger partial charge in [-0.3, -0.25) is 10.1 Å². The Hall–Kier alpha value is -3.02. The molecule has 146 valence electrons. The lowest BCUT2D eigenvalue weighted by atomic mass is 9.74. The maximum atomic E-state index is 11.8. The molecular formula is C22H24N2O4. The summed E-state index contributed by atoms with van der Waals surface area (Å²) < 4.78 is 11.1. The zero-order chi connectivity index (χ0) is 20.0. The third kappa shape index (κ3) is 2.63. The Morgan fingerprint density at radius 1 is 1.21 bits per heavy atom. The highest BCUT2D eigenvalue weighted by Crippen LogP contribution is 2.55. The van der Waals surface area contributed by atoms with Crippen LogP contribution in [-0.2, 0) is 0 Å². The fraction of sp³-hybridized carbons (Fsp3) is 0.364. The van der Waals surface area contributed by atoms with Gasteiger partial charge in [-0.15, -0.1) is 0 Å². The zero-order valence-corrected chi connectivity index (χ0v) is 16.5. The van der Waals surface area contributed by atoms with Gasteiger partial charge in [0, 0.05) is 17.5 Å². The molecule has 0 spiro atoms. The van der Waals surface area contributed by atoms with Crippen molar-refractivity contribution in [3.05, 3.63) is 68.8 Å². The maximum Gasteiger partial charge on any atom is 0.292 e. The van der Waals surface area contributed by atoms with Crippen molar-refractivity contribution in [1.82, 2.24) is 0 Å². The molecule has 3 atom stereocenters. The van der Waals surface area contributed by atoms with Crippen molar-refractivity contribution < 1.29 is 14.4 Å². The van der Waals surface area contributed by atoms with Crippen molar-refractivity contribution in [2.75, 3.05) is 19.5 Å². The molecule has 0 unspecified atom stereocenters. The molecule has 2 aromatic carbocycles. The molecule has 0 radical (unpaired) electrons. The lowest BCUT2D eigenvalue weighted by Gasteiger charge is -2.38. The Morgan fingerprint density at radius 2 is 2.00 bits per heavy atom. The summed E-state index contributed by atoms with van der Waals surface area (Å²) in [7, 11) is 3.24. The van der Waals surface area contributed by atoms with E-state index in [1.807, 2.05) is 25.1 Å². The average molecular weight is 380 g/mol. The van der Waals surface area contributed by atoms with Crippen LogP contribution >= 0.6 is 0 Å². The summed E-state index contributed by atoms with van der Waals surface area (Å²) in [6.07, 6.45) is 5.28. The Kier molecular flexibility index (Phi) is 4.49. The summed E-state index contributed by atoms with van der Waals surface area (Å²) in [5.41, 5.74) is 4.82. The largest absolute Gasteiger partial charge is 0.493 e. The first-order valence-electron chi connectivity index (χ1n) is 9.40. The second kappa shape index (κ2) is 6.86. The highest BCUT2D eigenvalue weighted by atomic mass is 16.6. The Bertz CT molecular complexity index is 983. The van der Waals surface area contributed by atoms with E-state index >= 15 is 0 Å². The van der Waals surface area contributed by atoms with E-state index in [2.05, 4.69) is 24.4 Å². The van der Waals surface area contributed by atoms with Gasteiger partial charge in [0.15, 0.2) is 11.5 Å². The van der Waals surface area contributed by atoms with Crippen molar-refractivity contribution in [3.8, 4) is 11.5 Å². The van der Waals surface area contributed by atoms with E-state index in [4.69, 9.17) is 9.47 Å². The van der Waals surface area contributed by atoms with Gasteiger partial charge in [0.2, 0.25) is 0 Å². The third-order valence-corrected chi connectivity index (χ3v) is 6.11. The molecule has 0 fully saturated rings. The number of nitrogens with one attached hydrogen (secondary N) is 1. The van der Waals surface area contributed by atoms with E-state index in [9.17, 15) is 10.1 Å². The summed E-state index contributed by atoms with van der Waals surface area (Å²) in [4.78, 5) is 11.5. The number of methoxy groups -OCH3 is 2. The summed E-state index contributed by atoms with van der Waals surface area (Å²) in [5, 5.41) is 15.3. The molecule has 1 aliphatic carbocycles. The molecule has 2 aromatic rings. The predicted octanol–water partition coefficient (Wildman–Crippen LogP) is 5.06. The van der Waals surface area contributed by atoms with Crippen molar-refractivity contribution in [2.24, 2.45) is 5.92 Å². The van der Waals surface area contributed by atoms with Gasteiger partial charge in [0.05, 0.1) is 25.2 Å². The second-order valence-electron chi connectivity index (χ2n) is 7.44. The van der Waals surface area contributed by atoms with Crippen molar-refractivity contribution in [1.29, 1.82) is 0 Å². The number of nitro groups is 1. The summed E-state index contributed by atoms with van der Waals surface area (Å²) in [5.74, 6) is 1.72. The fourth-order valence-electron chi connectivity index (χ4n) is 4.69. The standard InChI is InChI=1S/C22H24N2O4/c1-12-11-17(24(25)26)21-19(13(12)2)14-7-5-8-15(14)20(23-21)16-9-6-10-18(27-3)22(16)28-4/h5-7,9-11,14-15,20,23H,8H2,1-4H3/t14-,15+,20-/m1/s1. The van der Waals surface area contributed by atoms with Gasteiger partial charge in [-0.2, -0.15) is 0 Å². The SMILES string of the molecule is COc1cccc([C@@H]2Nc3c([N+](=O)[O-])cc(C)c(C)c3[C@@H]3C=CC[C@@H]32)c1OC. The van der Waals surface area contributed by atoms with Crippen LogP contribution in [0.1, 0.15) is 40.6 Å². The first-order valence-corrected chi connectivity index (χ1v) is 9.40. The number of para-hydroxylation sites is 1. The minimum atomic E-state index is -0.295. The lowest BCUT2D eigenvalue weighted by Crippen LogP contribution is -2.30. The number of hydrogen-bond acceptors (Lipinski definition) is 5. The first kappa shape index (κ1) is 18.3. The predicted molar refractivity (Wildman–Crippen MR) is 108 cm³/mol. The Morgan fingerprint density at radius 3 is 2.68 bits per heavy atom. The van der Waals surface area contributed by atoms with Gasteiger partial charge >= 0.3 is 0 Å². The third-order valence-electron chi connectivity index (χ3n) is 6.11. The van der Waals surface area contributed by atoms with Crippen LogP contribution in [0.15, 0.2) is 36.4 Å². The number of nitrogens with zero attached hydrogens (tertiary/aromatic N) is 1. The number of ether oxygens (including phenoxy) is 2. The fourth-order valence-corrected chi connectivity index (χ4v) is 4.69. The van der Waals surface area contributed by atoms with Gasteiger partial charge in [-0.05, 0) is 48.9 Å². The summed E-state index contributed by atoms with van der Waals surface area (Å²) in [6.45, 7) is 3.99. The van der Waals surface area contributed by atoms with Crippen LogP contribution in [0.2, 0.25) is 0 Å². The normalized spacial score (nSPS) is 22.2. The van der Waals surface area contributed by atoms with Crippen LogP contribution in [0.3, 0.4) is 0 Å². The van der Waals surface area contributed by atoms with Gasteiger partial charge < -0.3 is 14.8 Å². The Labute approximate surface area is 164 Å². The minimum absolute atomic E-state index is 0.113. The first-order chi connectivity index (χ1) is 13.5. The van der Waals surface area contributed by atoms with E-state index in [1.165, 1.54) is 0 Å². The zero-order valence-electron chi connectivity index (χ0n) is 16.5. The molecule has 1 aliphatic heterocycles. The highest BCUT2D eigenvalue weighted by molar-refractivity contribution is 5.75. The van der Waals surface area contributed by atoms with E-state index in [0.29, 0.717) is 17.2 Å². The van der Waals surface area contributed by atoms with Crippen molar-refractivity contribution in [2.45, 2.75) is 32.2 Å². The van der Waals surface area contributed by atoms with Crippen LogP contribution in [0.25, 0.3) is 0 Å². The molecule has 1 N–H and O–H groups in total. The molecule has 28 heavy (non-hydrogen) atoms. The van der Waals surface area contributed by atoms with Crippen LogP contribution in [0, 0.1) is 29.9 Å². The molecule has 1 heterocycles. The van der Waals surface area contributed by atoms with Crippen LogP contribution in [0.5, 0.6) is 11.5 Å². The van der Waals surface area contributed by atoms with Crippen LogP contribution in [0.4, 0.5) is 11.4 Å². The van der Waals surface area contributed by atoms with E-state index in [-0.39, 0.29) is 28.5 Å². The van der Waals surface area contributed by atoms with Gasteiger partial charge in [0.1, 0.15) is 5.69 Å². The molecule has 4 rings (SSSR count). The average Bonchev–Trinajstić information content (AvgIpc) is 3.18. The number of fused-ring (bicyclic) bond motifs is 3. The smallest absolute Gasteiger partial charge is 0.292 e. The van der Waals surface area contributed by atoms with E-state index in [0.717, 1.165) is 28.7 Å². The molecule has 0 saturated heterocycles. The van der Waals surface area contributed by atoms with Crippen molar-refractivity contribution in [3.63, 3.8) is 0 Å². The van der Waals surface area contributed by atoms with Crippen LogP contribution in [-0.4, -0.2) is 19.1 Å². The van der Waals surface area contributed by atoms with E-state index in [1.54, 1.807) is 20.3 Å².